The van der Waals surface area contributed by atoms with Crippen LogP contribution < -0.4 is 16.8 Å². The molecule has 5 N–H and O–H groups in total. The Labute approximate surface area is 134 Å². The Bertz CT molecular complexity index is 425. The summed E-state index contributed by atoms with van der Waals surface area (Å²) in [5.41, 5.74) is 13.2. The van der Waals surface area contributed by atoms with E-state index in [1.807, 2.05) is 33.8 Å². The van der Waals surface area contributed by atoms with Crippen LogP contribution in [0.5, 0.6) is 0 Å². The van der Waals surface area contributed by atoms with Crippen molar-refractivity contribution >= 4 is 18.5 Å². The van der Waals surface area contributed by atoms with E-state index in [-0.39, 0.29) is 23.9 Å². The van der Waals surface area contributed by atoms with Crippen LogP contribution in [0.15, 0.2) is 34.9 Å². The van der Waals surface area contributed by atoms with Gasteiger partial charge in [-0.25, -0.2) is 0 Å². The summed E-state index contributed by atoms with van der Waals surface area (Å²) in [5.74, 6) is -0.332. The Balaban J connectivity index is 4.94. The molecule has 0 aromatic heterocycles. The van der Waals surface area contributed by atoms with Crippen LogP contribution in [0.4, 0.5) is 0 Å². The predicted molar refractivity (Wildman–Crippen MR) is 93.8 cm³/mol. The zero-order valence-electron chi connectivity index (χ0n) is 13.5. The molecule has 0 aliphatic heterocycles. The SMILES string of the molecule is C=CC(CCC(C)N)C(=O)NC(=C/C)/C(C)=C(/S)C(C)N. The largest absolute Gasteiger partial charge is 0.328 e. The van der Waals surface area contributed by atoms with Crippen LogP contribution in [0, 0.1) is 5.92 Å². The van der Waals surface area contributed by atoms with Gasteiger partial charge in [0.2, 0.25) is 5.91 Å². The summed E-state index contributed by atoms with van der Waals surface area (Å²) in [5, 5.41) is 2.92. The topological polar surface area (TPSA) is 81.1 Å². The highest BCUT2D eigenvalue weighted by atomic mass is 32.1. The molecule has 0 aliphatic rings. The third-order valence-corrected chi connectivity index (χ3v) is 4.06. The van der Waals surface area contributed by atoms with Gasteiger partial charge in [-0.1, -0.05) is 12.2 Å². The molecule has 3 unspecified atom stereocenters. The lowest BCUT2D eigenvalue weighted by Gasteiger charge is -2.18. The van der Waals surface area contributed by atoms with Crippen molar-refractivity contribution in [2.24, 2.45) is 17.4 Å². The van der Waals surface area contributed by atoms with Gasteiger partial charge in [0.15, 0.2) is 0 Å². The Hall–Kier alpha value is -1.04. The Morgan fingerprint density at radius 2 is 1.90 bits per heavy atom. The summed E-state index contributed by atoms with van der Waals surface area (Å²) >= 11 is 4.40. The molecule has 0 saturated carbocycles. The van der Waals surface area contributed by atoms with E-state index in [9.17, 15) is 4.79 Å². The van der Waals surface area contributed by atoms with Crippen LogP contribution in [-0.2, 0) is 4.79 Å². The molecular formula is C16H29N3OS. The molecule has 0 aliphatic carbocycles. The molecule has 0 rings (SSSR count). The van der Waals surface area contributed by atoms with Crippen molar-refractivity contribution in [1.82, 2.24) is 5.32 Å². The quantitative estimate of drug-likeness (QED) is 0.316. The van der Waals surface area contributed by atoms with Gasteiger partial charge in [-0.15, -0.1) is 19.2 Å². The summed E-state index contributed by atoms with van der Waals surface area (Å²) in [4.78, 5) is 13.1. The number of nitrogens with two attached hydrogens (primary N) is 2. The van der Waals surface area contributed by atoms with Crippen molar-refractivity contribution < 1.29 is 4.79 Å². The third kappa shape index (κ3) is 6.98. The summed E-state index contributed by atoms with van der Waals surface area (Å²) in [6.07, 6.45) is 4.98. The molecule has 4 nitrogen and oxygen atoms in total. The van der Waals surface area contributed by atoms with Crippen molar-refractivity contribution in [1.29, 1.82) is 0 Å². The monoisotopic (exact) mass is 311 g/mol. The zero-order chi connectivity index (χ0) is 16.6. The van der Waals surface area contributed by atoms with Gasteiger partial charge in [0.1, 0.15) is 0 Å². The molecule has 0 aromatic rings. The molecule has 21 heavy (non-hydrogen) atoms. The molecule has 120 valence electrons. The summed E-state index contributed by atoms with van der Waals surface area (Å²) < 4.78 is 0. The number of allylic oxidation sites excluding steroid dienone is 2. The van der Waals surface area contributed by atoms with E-state index in [4.69, 9.17) is 11.5 Å². The molecule has 0 heterocycles. The van der Waals surface area contributed by atoms with Gasteiger partial charge in [-0.05, 0) is 46.1 Å². The van der Waals surface area contributed by atoms with Crippen LogP contribution in [0.3, 0.4) is 0 Å². The molecule has 0 aromatic carbocycles. The van der Waals surface area contributed by atoms with Gasteiger partial charge >= 0.3 is 0 Å². The second kappa shape index (κ2) is 9.82. The van der Waals surface area contributed by atoms with E-state index >= 15 is 0 Å². The normalized spacial score (nSPS) is 17.6. The lowest BCUT2D eigenvalue weighted by Crippen LogP contribution is -2.31. The molecular weight excluding hydrogens is 282 g/mol. The van der Waals surface area contributed by atoms with Crippen LogP contribution in [-0.4, -0.2) is 18.0 Å². The van der Waals surface area contributed by atoms with Crippen LogP contribution in [0.25, 0.3) is 0 Å². The van der Waals surface area contributed by atoms with E-state index < -0.39 is 0 Å². The maximum absolute atomic E-state index is 12.3. The van der Waals surface area contributed by atoms with Crippen molar-refractivity contribution in [2.75, 3.05) is 0 Å². The minimum absolute atomic E-state index is 0.0743. The van der Waals surface area contributed by atoms with Gasteiger partial charge in [0.05, 0.1) is 5.92 Å². The van der Waals surface area contributed by atoms with Gasteiger partial charge in [0, 0.05) is 22.7 Å². The highest BCUT2D eigenvalue weighted by molar-refractivity contribution is 7.84. The number of carbonyl (C=O) groups is 1. The average Bonchev–Trinajstić information content (AvgIpc) is 2.43. The standard InChI is InChI=1S/C16H29N3OS/c1-6-13(9-8-10(3)17)16(20)19-14(7-2)11(4)15(21)12(5)18/h6-7,10,12-13,21H,1,8-9,17-18H2,2-5H3,(H,19,20)/b14-7+,15-11+. The van der Waals surface area contributed by atoms with Gasteiger partial charge in [-0.3, -0.25) is 4.79 Å². The minimum atomic E-state index is -0.252. The number of thiol groups is 1. The molecule has 1 amide bonds. The molecule has 5 heteroatoms. The number of hydrogen-bond acceptors (Lipinski definition) is 4. The van der Waals surface area contributed by atoms with E-state index in [2.05, 4.69) is 24.5 Å². The fraction of sp³-hybridized carbons (Fsp3) is 0.562. The lowest BCUT2D eigenvalue weighted by atomic mass is 9.99. The van der Waals surface area contributed by atoms with Gasteiger partial charge < -0.3 is 16.8 Å². The Morgan fingerprint density at radius 1 is 1.33 bits per heavy atom. The fourth-order valence-electron chi connectivity index (χ4n) is 1.89. The first-order valence-corrected chi connectivity index (χ1v) is 7.70. The second-order valence-corrected chi connectivity index (χ2v) is 5.87. The van der Waals surface area contributed by atoms with E-state index in [1.165, 1.54) is 0 Å². The number of rotatable bonds is 8. The second-order valence-electron chi connectivity index (χ2n) is 5.39. The zero-order valence-corrected chi connectivity index (χ0v) is 14.4. The number of carbonyl (C=O) groups excluding carboxylic acids is 1. The molecule has 0 saturated heterocycles. The van der Waals surface area contributed by atoms with E-state index in [1.54, 1.807) is 6.08 Å². The van der Waals surface area contributed by atoms with Crippen LogP contribution in [0.1, 0.15) is 40.5 Å². The summed E-state index contributed by atoms with van der Waals surface area (Å²) in [7, 11) is 0. The first-order valence-electron chi connectivity index (χ1n) is 7.25. The van der Waals surface area contributed by atoms with Crippen LogP contribution in [0.2, 0.25) is 0 Å². The maximum Gasteiger partial charge on any atom is 0.231 e. The third-order valence-electron chi connectivity index (χ3n) is 3.32. The average molecular weight is 311 g/mol. The Morgan fingerprint density at radius 3 is 2.29 bits per heavy atom. The first-order chi connectivity index (χ1) is 9.74. The highest BCUT2D eigenvalue weighted by Gasteiger charge is 2.17. The number of nitrogens with one attached hydrogen (secondary N) is 1. The number of amides is 1. The molecule has 3 atom stereocenters. The van der Waals surface area contributed by atoms with E-state index in [0.717, 1.165) is 22.6 Å². The predicted octanol–water partition coefficient (Wildman–Crippen LogP) is 2.49. The van der Waals surface area contributed by atoms with Crippen LogP contribution >= 0.6 is 12.6 Å². The maximum atomic E-state index is 12.3. The lowest BCUT2D eigenvalue weighted by molar-refractivity contribution is -0.123. The van der Waals surface area contributed by atoms with Crippen molar-refractivity contribution in [3.05, 3.63) is 34.9 Å². The van der Waals surface area contributed by atoms with Gasteiger partial charge in [0.25, 0.3) is 0 Å². The van der Waals surface area contributed by atoms with Crippen molar-refractivity contribution in [2.45, 2.75) is 52.6 Å². The summed E-state index contributed by atoms with van der Waals surface area (Å²) in [6.45, 7) is 11.3. The molecule has 0 fully saturated rings. The molecule has 0 radical (unpaired) electrons. The first kappa shape index (κ1) is 20.0. The molecule has 0 spiro atoms. The highest BCUT2D eigenvalue weighted by Crippen LogP contribution is 2.19. The van der Waals surface area contributed by atoms with E-state index in [0.29, 0.717) is 6.42 Å². The Kier molecular flexibility index (Phi) is 9.33. The van der Waals surface area contributed by atoms with Crippen molar-refractivity contribution in [3.63, 3.8) is 0 Å². The number of hydrogen-bond donors (Lipinski definition) is 4. The van der Waals surface area contributed by atoms with Gasteiger partial charge in [-0.2, -0.15) is 0 Å². The molecule has 0 bridgehead atoms. The summed E-state index contributed by atoms with van der Waals surface area (Å²) in [6, 6.07) is -0.0984. The fourth-order valence-corrected chi connectivity index (χ4v) is 2.01. The van der Waals surface area contributed by atoms with Crippen molar-refractivity contribution in [3.8, 4) is 0 Å². The minimum Gasteiger partial charge on any atom is -0.328 e. The smallest absolute Gasteiger partial charge is 0.231 e.